The zero-order valence-electron chi connectivity index (χ0n) is 7.97. The number of hydrogen-bond donors (Lipinski definition) is 2. The molecule has 0 bridgehead atoms. The molecule has 2 N–H and O–H groups in total. The molecule has 0 unspecified atom stereocenters. The van der Waals surface area contributed by atoms with Crippen LogP contribution in [-0.4, -0.2) is 21.7 Å². The largest absolute Gasteiger partial charge is 0.489 e. The highest BCUT2D eigenvalue weighted by Crippen LogP contribution is 2.32. The quantitative estimate of drug-likeness (QED) is 0.602. The van der Waals surface area contributed by atoms with Gasteiger partial charge in [0, 0.05) is 17.8 Å². The van der Waals surface area contributed by atoms with E-state index in [2.05, 4.69) is 0 Å². The third-order valence-electron chi connectivity index (χ3n) is 2.48. The second-order valence-electron chi connectivity index (χ2n) is 3.77. The molecule has 0 atom stereocenters. The number of hydrogen-bond acceptors (Lipinski definition) is 3. The third-order valence-corrected chi connectivity index (χ3v) is 2.48. The first-order valence-electron chi connectivity index (χ1n) is 4.68. The van der Waals surface area contributed by atoms with Gasteiger partial charge in [-0.3, -0.25) is 4.79 Å². The Morgan fingerprint density at radius 2 is 2.14 bits per heavy atom. The lowest BCUT2D eigenvalue weighted by Gasteiger charge is -2.08. The Balaban J connectivity index is 2.52. The molecule has 14 heavy (non-hydrogen) atoms. The van der Waals surface area contributed by atoms with E-state index in [1.165, 1.54) is 12.3 Å². The summed E-state index contributed by atoms with van der Waals surface area (Å²) in [5.41, 5.74) is 0.911. The standard InChI is InChI=1S/C9H12BNO3/c1-6-4-7(10(13)14)5-11(9(6)12)8-2-3-8/h4-5,8,13-14H,2-3H2,1H3. The zero-order chi connectivity index (χ0) is 10.3. The first-order valence-corrected chi connectivity index (χ1v) is 4.68. The van der Waals surface area contributed by atoms with Gasteiger partial charge in [0.1, 0.15) is 0 Å². The van der Waals surface area contributed by atoms with Crippen LogP contribution in [0.2, 0.25) is 0 Å². The monoisotopic (exact) mass is 193 g/mol. The van der Waals surface area contributed by atoms with Gasteiger partial charge in [-0.05, 0) is 25.2 Å². The Morgan fingerprint density at radius 3 is 2.64 bits per heavy atom. The summed E-state index contributed by atoms with van der Waals surface area (Å²) in [6.45, 7) is 1.69. The minimum Gasteiger partial charge on any atom is -0.423 e. The normalized spacial score (nSPS) is 15.6. The summed E-state index contributed by atoms with van der Waals surface area (Å²) in [5, 5.41) is 18.0. The summed E-state index contributed by atoms with van der Waals surface area (Å²) < 4.78 is 1.60. The Morgan fingerprint density at radius 1 is 1.50 bits per heavy atom. The molecule has 0 spiro atoms. The molecule has 1 heterocycles. The van der Waals surface area contributed by atoms with Crippen LogP contribution in [-0.2, 0) is 0 Å². The van der Waals surface area contributed by atoms with Crippen molar-refractivity contribution in [1.29, 1.82) is 0 Å². The van der Waals surface area contributed by atoms with Crippen LogP contribution in [0, 0.1) is 6.92 Å². The molecule has 0 amide bonds. The van der Waals surface area contributed by atoms with Gasteiger partial charge in [0.05, 0.1) is 0 Å². The van der Waals surface area contributed by atoms with Gasteiger partial charge >= 0.3 is 7.12 Å². The van der Waals surface area contributed by atoms with Gasteiger partial charge in [-0.1, -0.05) is 6.07 Å². The van der Waals surface area contributed by atoms with Gasteiger partial charge < -0.3 is 14.6 Å². The van der Waals surface area contributed by atoms with Crippen LogP contribution in [0.1, 0.15) is 24.4 Å². The second kappa shape index (κ2) is 3.26. The van der Waals surface area contributed by atoms with Crippen LogP contribution in [0.15, 0.2) is 17.1 Å². The number of pyridine rings is 1. The van der Waals surface area contributed by atoms with Crippen molar-refractivity contribution in [3.8, 4) is 0 Å². The van der Waals surface area contributed by atoms with Crippen LogP contribution in [0.4, 0.5) is 0 Å². The molecule has 0 aliphatic heterocycles. The fourth-order valence-electron chi connectivity index (χ4n) is 1.54. The van der Waals surface area contributed by atoms with Crippen molar-refractivity contribution >= 4 is 12.6 Å². The van der Waals surface area contributed by atoms with Crippen molar-refractivity contribution in [2.75, 3.05) is 0 Å². The molecule has 1 fully saturated rings. The van der Waals surface area contributed by atoms with Crippen LogP contribution < -0.4 is 11.0 Å². The predicted molar refractivity (Wildman–Crippen MR) is 53.5 cm³/mol. The van der Waals surface area contributed by atoms with Crippen molar-refractivity contribution in [1.82, 2.24) is 4.57 Å². The number of aryl methyl sites for hydroxylation is 1. The van der Waals surface area contributed by atoms with Gasteiger partial charge in [0.2, 0.25) is 0 Å². The highest BCUT2D eigenvalue weighted by Gasteiger charge is 2.26. The molecule has 0 radical (unpaired) electrons. The lowest BCUT2D eigenvalue weighted by atomic mass is 9.81. The van der Waals surface area contributed by atoms with E-state index < -0.39 is 7.12 Å². The van der Waals surface area contributed by atoms with E-state index in [0.717, 1.165) is 12.8 Å². The molecular formula is C9H12BNO3. The first kappa shape index (κ1) is 9.49. The van der Waals surface area contributed by atoms with Crippen LogP contribution in [0.3, 0.4) is 0 Å². The van der Waals surface area contributed by atoms with Gasteiger partial charge in [-0.25, -0.2) is 0 Å². The molecule has 4 nitrogen and oxygen atoms in total. The Labute approximate surface area is 82.0 Å². The molecule has 1 aromatic heterocycles. The van der Waals surface area contributed by atoms with Gasteiger partial charge in [-0.2, -0.15) is 0 Å². The topological polar surface area (TPSA) is 62.5 Å². The van der Waals surface area contributed by atoms with Crippen molar-refractivity contribution in [2.45, 2.75) is 25.8 Å². The Bertz CT molecular complexity index is 409. The van der Waals surface area contributed by atoms with Gasteiger partial charge in [-0.15, -0.1) is 0 Å². The molecule has 1 aromatic rings. The van der Waals surface area contributed by atoms with Gasteiger partial charge in [0.15, 0.2) is 0 Å². The highest BCUT2D eigenvalue weighted by molar-refractivity contribution is 6.58. The Kier molecular flexibility index (Phi) is 2.21. The second-order valence-corrected chi connectivity index (χ2v) is 3.77. The van der Waals surface area contributed by atoms with E-state index in [9.17, 15) is 4.79 Å². The summed E-state index contributed by atoms with van der Waals surface area (Å²) in [4.78, 5) is 11.6. The summed E-state index contributed by atoms with van der Waals surface area (Å²) in [6.07, 6.45) is 3.55. The van der Waals surface area contributed by atoms with Crippen molar-refractivity contribution in [3.05, 3.63) is 28.2 Å². The summed E-state index contributed by atoms with van der Waals surface area (Å²) in [6, 6.07) is 1.78. The van der Waals surface area contributed by atoms with E-state index in [1.807, 2.05) is 0 Å². The maximum atomic E-state index is 11.6. The lowest BCUT2D eigenvalue weighted by Crippen LogP contribution is -2.36. The molecular weight excluding hydrogens is 181 g/mol. The molecule has 0 saturated heterocycles. The smallest absolute Gasteiger partial charge is 0.423 e. The fourth-order valence-corrected chi connectivity index (χ4v) is 1.54. The SMILES string of the molecule is Cc1cc(B(O)O)cn(C2CC2)c1=O. The third kappa shape index (κ3) is 1.60. The zero-order valence-corrected chi connectivity index (χ0v) is 7.97. The first-order chi connectivity index (χ1) is 6.59. The van der Waals surface area contributed by atoms with E-state index in [0.29, 0.717) is 11.0 Å². The number of nitrogens with zero attached hydrogens (tertiary/aromatic N) is 1. The van der Waals surface area contributed by atoms with Crippen LogP contribution >= 0.6 is 0 Å². The van der Waals surface area contributed by atoms with Gasteiger partial charge in [0.25, 0.3) is 5.56 Å². The molecule has 74 valence electrons. The summed E-state index contributed by atoms with van der Waals surface area (Å²) in [5.74, 6) is 0. The van der Waals surface area contributed by atoms with E-state index >= 15 is 0 Å². The lowest BCUT2D eigenvalue weighted by molar-refractivity contribution is 0.425. The minimum absolute atomic E-state index is 0.0306. The summed E-state index contributed by atoms with van der Waals surface area (Å²) >= 11 is 0. The highest BCUT2D eigenvalue weighted by atomic mass is 16.4. The predicted octanol–water partition coefficient (Wildman–Crippen LogP) is -0.829. The van der Waals surface area contributed by atoms with E-state index in [4.69, 9.17) is 10.0 Å². The molecule has 1 aliphatic rings. The van der Waals surface area contributed by atoms with E-state index in [-0.39, 0.29) is 11.6 Å². The summed E-state index contributed by atoms with van der Waals surface area (Å²) in [7, 11) is -1.50. The average Bonchev–Trinajstić information content (AvgIpc) is 2.92. The Hall–Kier alpha value is -1.07. The van der Waals surface area contributed by atoms with Crippen molar-refractivity contribution in [2.24, 2.45) is 0 Å². The maximum Gasteiger partial charge on any atom is 0.489 e. The average molecular weight is 193 g/mol. The van der Waals surface area contributed by atoms with E-state index in [1.54, 1.807) is 11.5 Å². The molecule has 1 saturated carbocycles. The van der Waals surface area contributed by atoms with Crippen molar-refractivity contribution < 1.29 is 10.0 Å². The van der Waals surface area contributed by atoms with Crippen LogP contribution in [0.5, 0.6) is 0 Å². The fraction of sp³-hybridized carbons (Fsp3) is 0.444. The number of rotatable bonds is 2. The molecule has 0 aromatic carbocycles. The van der Waals surface area contributed by atoms with Crippen molar-refractivity contribution in [3.63, 3.8) is 0 Å². The number of aromatic nitrogens is 1. The van der Waals surface area contributed by atoms with Crippen LogP contribution in [0.25, 0.3) is 0 Å². The minimum atomic E-state index is -1.50. The molecule has 5 heteroatoms. The molecule has 1 aliphatic carbocycles. The maximum absolute atomic E-state index is 11.6. The molecule has 2 rings (SSSR count).